The highest BCUT2D eigenvalue weighted by molar-refractivity contribution is 7.89. The monoisotopic (exact) mass is 438 g/mol. The summed E-state index contributed by atoms with van der Waals surface area (Å²) in [6.07, 6.45) is 1.03. The Balaban J connectivity index is 1.26. The van der Waals surface area contributed by atoms with E-state index in [2.05, 4.69) is 29.2 Å². The normalized spacial score (nSPS) is 18.0. The number of rotatable bonds is 4. The van der Waals surface area contributed by atoms with Gasteiger partial charge in [0.2, 0.25) is 10.0 Å². The molecule has 0 atom stereocenters. The van der Waals surface area contributed by atoms with Crippen molar-refractivity contribution < 1.29 is 8.42 Å². The molecule has 2 aliphatic heterocycles. The van der Waals surface area contributed by atoms with Crippen LogP contribution in [0.3, 0.4) is 0 Å². The molecule has 2 aliphatic rings. The lowest BCUT2D eigenvalue weighted by Gasteiger charge is -2.46. The maximum atomic E-state index is 13.0. The van der Waals surface area contributed by atoms with E-state index in [4.69, 9.17) is 11.6 Å². The molecule has 0 N–H and O–H groups in total. The molecule has 0 amide bonds. The van der Waals surface area contributed by atoms with Gasteiger partial charge in [-0.2, -0.15) is 4.31 Å². The minimum Gasteiger partial charge on any atom is -0.293 e. The highest BCUT2D eigenvalue weighted by Gasteiger charge is 2.40. The number of nitrogens with zero attached hydrogens (tertiary/aromatic N) is 2. The largest absolute Gasteiger partial charge is 0.293 e. The molecule has 0 bridgehead atoms. The van der Waals surface area contributed by atoms with Crippen LogP contribution in [0.4, 0.5) is 0 Å². The highest BCUT2D eigenvalue weighted by atomic mass is 35.5. The summed E-state index contributed by atoms with van der Waals surface area (Å²) in [5, 5.41) is 0.663. The van der Waals surface area contributed by atoms with Crippen molar-refractivity contribution in [2.75, 3.05) is 19.6 Å². The Kier molecular flexibility index (Phi) is 5.15. The van der Waals surface area contributed by atoms with Gasteiger partial charge in [0.05, 0.1) is 4.90 Å². The third-order valence-corrected chi connectivity index (χ3v) is 8.24. The van der Waals surface area contributed by atoms with Crippen molar-refractivity contribution in [1.29, 1.82) is 0 Å². The van der Waals surface area contributed by atoms with Crippen LogP contribution in [0.25, 0.3) is 11.1 Å². The molecule has 1 fully saturated rings. The quantitative estimate of drug-likeness (QED) is 0.604. The lowest BCUT2D eigenvalue weighted by molar-refractivity contribution is 0.0769. The molecule has 3 aromatic rings. The van der Waals surface area contributed by atoms with Crippen molar-refractivity contribution in [2.24, 2.45) is 0 Å². The van der Waals surface area contributed by atoms with Crippen LogP contribution < -0.4 is 0 Å². The zero-order valence-corrected chi connectivity index (χ0v) is 18.1. The lowest BCUT2D eigenvalue weighted by Crippen LogP contribution is -2.61. The summed E-state index contributed by atoms with van der Waals surface area (Å²) in [5.41, 5.74) is 4.70. The summed E-state index contributed by atoms with van der Waals surface area (Å²) in [6, 6.07) is 23.4. The smallest absolute Gasteiger partial charge is 0.243 e. The fraction of sp³-hybridized carbons (Fsp3) is 0.250. The third-order valence-electron chi connectivity index (χ3n) is 6.16. The molecule has 4 nitrogen and oxygen atoms in total. The van der Waals surface area contributed by atoms with Gasteiger partial charge in [-0.15, -0.1) is 0 Å². The second kappa shape index (κ2) is 7.82. The molecule has 0 unspecified atom stereocenters. The van der Waals surface area contributed by atoms with E-state index in [0.29, 0.717) is 29.0 Å². The van der Waals surface area contributed by atoms with E-state index in [9.17, 15) is 8.42 Å². The van der Waals surface area contributed by atoms with Crippen molar-refractivity contribution in [1.82, 2.24) is 9.21 Å². The van der Waals surface area contributed by atoms with Crippen molar-refractivity contribution in [3.63, 3.8) is 0 Å². The molecule has 30 heavy (non-hydrogen) atoms. The van der Waals surface area contributed by atoms with Crippen molar-refractivity contribution in [3.8, 4) is 11.1 Å². The summed E-state index contributed by atoms with van der Waals surface area (Å²) in [4.78, 5) is 2.76. The first-order valence-corrected chi connectivity index (χ1v) is 12.0. The van der Waals surface area contributed by atoms with E-state index >= 15 is 0 Å². The van der Waals surface area contributed by atoms with Crippen LogP contribution >= 0.6 is 11.6 Å². The highest BCUT2D eigenvalue weighted by Crippen LogP contribution is 2.30. The Hall–Kier alpha value is -2.18. The van der Waals surface area contributed by atoms with E-state index in [1.165, 1.54) is 11.1 Å². The van der Waals surface area contributed by atoms with Gasteiger partial charge >= 0.3 is 0 Å². The first kappa shape index (κ1) is 19.8. The van der Waals surface area contributed by atoms with Crippen LogP contribution in [-0.2, 0) is 23.0 Å². The predicted molar refractivity (Wildman–Crippen MR) is 120 cm³/mol. The molecule has 0 saturated carbocycles. The fourth-order valence-corrected chi connectivity index (χ4v) is 6.01. The minimum atomic E-state index is -3.46. The first-order chi connectivity index (χ1) is 14.5. The zero-order valence-electron chi connectivity index (χ0n) is 16.5. The van der Waals surface area contributed by atoms with Gasteiger partial charge in [0.15, 0.2) is 0 Å². The molecule has 0 radical (unpaired) electrons. The Bertz CT molecular complexity index is 1170. The molecule has 5 rings (SSSR count). The number of sulfonamides is 1. The Morgan fingerprint density at radius 1 is 0.833 bits per heavy atom. The van der Waals surface area contributed by atoms with E-state index in [1.54, 1.807) is 16.4 Å². The standard InChI is InChI=1S/C24H23ClN2O2S/c25-22-7-3-6-20(14-22)19-8-10-24(11-9-19)30(28,29)27-16-23(17-27)26-13-12-18-4-1-2-5-21(18)15-26/h1-11,14,23H,12-13,15-17H2. The van der Waals surface area contributed by atoms with E-state index < -0.39 is 10.0 Å². The number of hydrogen-bond donors (Lipinski definition) is 0. The molecule has 3 aromatic carbocycles. The topological polar surface area (TPSA) is 40.6 Å². The van der Waals surface area contributed by atoms with Crippen LogP contribution in [0.5, 0.6) is 0 Å². The molecular weight excluding hydrogens is 416 g/mol. The zero-order chi connectivity index (χ0) is 20.7. The fourth-order valence-electron chi connectivity index (χ4n) is 4.31. The molecule has 0 aromatic heterocycles. The van der Waals surface area contributed by atoms with Crippen LogP contribution in [0.1, 0.15) is 11.1 Å². The van der Waals surface area contributed by atoms with Crippen molar-refractivity contribution >= 4 is 21.6 Å². The number of halogens is 1. The summed E-state index contributed by atoms with van der Waals surface area (Å²) in [5.74, 6) is 0. The predicted octanol–water partition coefficient (Wildman–Crippen LogP) is 4.44. The molecule has 154 valence electrons. The average molecular weight is 439 g/mol. The Morgan fingerprint density at radius 3 is 2.30 bits per heavy atom. The number of hydrogen-bond acceptors (Lipinski definition) is 3. The molecular formula is C24H23ClN2O2S. The molecule has 6 heteroatoms. The molecule has 0 spiro atoms. The molecule has 0 aliphatic carbocycles. The maximum Gasteiger partial charge on any atom is 0.243 e. The number of fused-ring (bicyclic) bond motifs is 1. The third kappa shape index (κ3) is 3.67. The molecule has 2 heterocycles. The summed E-state index contributed by atoms with van der Waals surface area (Å²) < 4.78 is 27.6. The van der Waals surface area contributed by atoms with Crippen molar-refractivity contribution in [2.45, 2.75) is 23.9 Å². The van der Waals surface area contributed by atoms with Gasteiger partial charge in [-0.1, -0.05) is 60.1 Å². The van der Waals surface area contributed by atoms with E-state index in [-0.39, 0.29) is 0 Å². The van der Waals surface area contributed by atoms with E-state index in [1.807, 2.05) is 36.4 Å². The second-order valence-electron chi connectivity index (χ2n) is 8.00. The van der Waals surface area contributed by atoms with E-state index in [0.717, 1.165) is 30.6 Å². The van der Waals surface area contributed by atoms with Gasteiger partial charge < -0.3 is 0 Å². The van der Waals surface area contributed by atoms with Crippen LogP contribution in [0.15, 0.2) is 77.7 Å². The lowest BCUT2D eigenvalue weighted by atomic mass is 9.97. The Morgan fingerprint density at radius 2 is 1.57 bits per heavy atom. The Labute approximate surface area is 182 Å². The van der Waals surface area contributed by atoms with Crippen LogP contribution in [-0.4, -0.2) is 43.3 Å². The van der Waals surface area contributed by atoms with Crippen LogP contribution in [0.2, 0.25) is 5.02 Å². The summed E-state index contributed by atoms with van der Waals surface area (Å²) in [7, 11) is -3.46. The molecule has 1 saturated heterocycles. The van der Waals surface area contributed by atoms with Gasteiger partial charge in [0.1, 0.15) is 0 Å². The summed E-state index contributed by atoms with van der Waals surface area (Å²) >= 11 is 6.07. The first-order valence-electron chi connectivity index (χ1n) is 10.2. The van der Waals surface area contributed by atoms with Crippen molar-refractivity contribution in [3.05, 3.63) is 88.9 Å². The van der Waals surface area contributed by atoms with Crippen LogP contribution in [0, 0.1) is 0 Å². The SMILES string of the molecule is O=S(=O)(c1ccc(-c2cccc(Cl)c2)cc1)N1CC(N2CCc3ccccc3C2)C1. The average Bonchev–Trinajstić information content (AvgIpc) is 2.72. The van der Waals surface area contributed by atoms with Gasteiger partial charge in [0, 0.05) is 37.2 Å². The van der Waals surface area contributed by atoms with Gasteiger partial charge in [-0.05, 0) is 52.9 Å². The minimum absolute atomic E-state index is 0.291. The van der Waals surface area contributed by atoms with Gasteiger partial charge in [-0.25, -0.2) is 8.42 Å². The second-order valence-corrected chi connectivity index (χ2v) is 10.4. The van der Waals surface area contributed by atoms with Gasteiger partial charge in [-0.3, -0.25) is 4.90 Å². The maximum absolute atomic E-state index is 13.0. The van der Waals surface area contributed by atoms with Gasteiger partial charge in [0.25, 0.3) is 0 Å². The summed E-state index contributed by atoms with van der Waals surface area (Å²) in [6.45, 7) is 3.01. The number of benzene rings is 3.